The quantitative estimate of drug-likeness (QED) is 0.609. The third-order valence-electron chi connectivity index (χ3n) is 4.87. The van der Waals surface area contributed by atoms with E-state index in [1.807, 2.05) is 28.8 Å². The van der Waals surface area contributed by atoms with Gasteiger partial charge in [-0.3, -0.25) is 9.36 Å². The second kappa shape index (κ2) is 6.75. The minimum absolute atomic E-state index is 0.0166. The van der Waals surface area contributed by atoms with Crippen LogP contribution in [0.1, 0.15) is 25.5 Å². The van der Waals surface area contributed by atoms with E-state index in [2.05, 4.69) is 25.1 Å². The Bertz CT molecular complexity index is 1090. The molecule has 130 valence electrons. The highest BCUT2D eigenvalue weighted by molar-refractivity contribution is 5.96. The second-order valence-electron chi connectivity index (χ2n) is 6.52. The fraction of sp³-hybridized carbons (Fsp3) is 0.174. The van der Waals surface area contributed by atoms with E-state index in [-0.39, 0.29) is 11.4 Å². The van der Waals surface area contributed by atoms with Crippen LogP contribution < -0.4 is 5.56 Å². The van der Waals surface area contributed by atoms with Crippen molar-refractivity contribution in [1.82, 2.24) is 4.57 Å². The third kappa shape index (κ3) is 2.80. The van der Waals surface area contributed by atoms with E-state index in [0.717, 1.165) is 47.2 Å². The highest BCUT2D eigenvalue weighted by Gasteiger charge is 2.15. The van der Waals surface area contributed by atoms with E-state index < -0.39 is 0 Å². The number of nitrogens with zero attached hydrogens (tertiary/aromatic N) is 1. The molecule has 1 aliphatic carbocycles. The van der Waals surface area contributed by atoms with Crippen LogP contribution in [0, 0.1) is 5.82 Å². The molecule has 0 atom stereocenters. The maximum atomic E-state index is 13.5. The van der Waals surface area contributed by atoms with Crippen molar-refractivity contribution >= 4 is 16.5 Å². The molecule has 1 aromatic heterocycles. The molecule has 0 amide bonds. The van der Waals surface area contributed by atoms with Crippen LogP contribution in [0.5, 0.6) is 0 Å². The van der Waals surface area contributed by atoms with Crippen LogP contribution in [0.15, 0.2) is 71.6 Å². The van der Waals surface area contributed by atoms with Crippen LogP contribution in [0.3, 0.4) is 0 Å². The first-order valence-electron chi connectivity index (χ1n) is 8.99. The second-order valence-corrected chi connectivity index (χ2v) is 6.52. The summed E-state index contributed by atoms with van der Waals surface area (Å²) >= 11 is 0. The predicted molar refractivity (Wildman–Crippen MR) is 106 cm³/mol. The number of fused-ring (bicyclic) bond motifs is 1. The van der Waals surface area contributed by atoms with Gasteiger partial charge in [0.25, 0.3) is 5.56 Å². The Morgan fingerprint density at radius 3 is 2.58 bits per heavy atom. The highest BCUT2D eigenvalue weighted by Crippen LogP contribution is 2.28. The number of hydrogen-bond acceptors (Lipinski definition) is 1. The van der Waals surface area contributed by atoms with Gasteiger partial charge in [-0.15, -0.1) is 0 Å². The molecule has 0 bridgehead atoms. The normalized spacial score (nSPS) is 13.8. The molecule has 4 rings (SSSR count). The zero-order valence-electron chi connectivity index (χ0n) is 14.7. The fourth-order valence-electron chi connectivity index (χ4n) is 3.59. The van der Waals surface area contributed by atoms with Crippen molar-refractivity contribution in [2.75, 3.05) is 0 Å². The van der Waals surface area contributed by atoms with Gasteiger partial charge in [0.2, 0.25) is 0 Å². The SMILES string of the molecule is CCc1cc2cccc(-c3ccc(F)cc3)c2c(=O)n1C1=CCCC=C1. The van der Waals surface area contributed by atoms with Gasteiger partial charge in [0.1, 0.15) is 5.82 Å². The molecule has 0 fully saturated rings. The van der Waals surface area contributed by atoms with Crippen molar-refractivity contribution in [3.05, 3.63) is 88.6 Å². The van der Waals surface area contributed by atoms with Gasteiger partial charge in [0, 0.05) is 11.4 Å². The Hall–Kier alpha value is -2.94. The van der Waals surface area contributed by atoms with Crippen LogP contribution in [0.2, 0.25) is 0 Å². The summed E-state index contributed by atoms with van der Waals surface area (Å²) < 4.78 is 15.1. The van der Waals surface area contributed by atoms with Gasteiger partial charge >= 0.3 is 0 Å². The van der Waals surface area contributed by atoms with Gasteiger partial charge in [-0.05, 0) is 60.1 Å². The molecule has 0 radical (unpaired) electrons. The van der Waals surface area contributed by atoms with E-state index in [1.54, 1.807) is 12.1 Å². The first kappa shape index (κ1) is 16.5. The summed E-state index contributed by atoms with van der Waals surface area (Å²) in [5, 5.41) is 1.60. The van der Waals surface area contributed by atoms with Gasteiger partial charge in [0.05, 0.1) is 5.39 Å². The number of pyridine rings is 1. The maximum absolute atomic E-state index is 13.5. The number of hydrogen-bond donors (Lipinski definition) is 0. The highest BCUT2D eigenvalue weighted by atomic mass is 19.1. The average molecular weight is 345 g/mol. The number of aromatic nitrogens is 1. The molecule has 1 heterocycles. The van der Waals surface area contributed by atoms with E-state index >= 15 is 0 Å². The third-order valence-corrected chi connectivity index (χ3v) is 4.87. The molecule has 0 N–H and O–H groups in total. The lowest BCUT2D eigenvalue weighted by Gasteiger charge is -2.17. The molecule has 0 unspecified atom stereocenters. The maximum Gasteiger partial charge on any atom is 0.263 e. The summed E-state index contributed by atoms with van der Waals surface area (Å²) in [5.74, 6) is -0.280. The number of halogens is 1. The van der Waals surface area contributed by atoms with Gasteiger partial charge in [0.15, 0.2) is 0 Å². The summed E-state index contributed by atoms with van der Waals surface area (Å²) in [4.78, 5) is 13.5. The molecule has 0 saturated heterocycles. The summed E-state index contributed by atoms with van der Waals surface area (Å²) in [7, 11) is 0. The molecule has 0 spiro atoms. The lowest BCUT2D eigenvalue weighted by molar-refractivity contribution is 0.628. The van der Waals surface area contributed by atoms with Crippen molar-refractivity contribution in [2.45, 2.75) is 26.2 Å². The summed E-state index contributed by atoms with van der Waals surface area (Å²) in [6.45, 7) is 2.06. The molecular formula is C23H20FNO. The molecule has 0 aliphatic heterocycles. The minimum atomic E-state index is -0.280. The van der Waals surface area contributed by atoms with Crippen LogP contribution in [-0.2, 0) is 6.42 Å². The van der Waals surface area contributed by atoms with Crippen LogP contribution in [0.4, 0.5) is 4.39 Å². The number of aryl methyl sites for hydroxylation is 1. The van der Waals surface area contributed by atoms with Gasteiger partial charge in [-0.2, -0.15) is 0 Å². The smallest absolute Gasteiger partial charge is 0.263 e. The van der Waals surface area contributed by atoms with Crippen molar-refractivity contribution in [2.24, 2.45) is 0 Å². The Kier molecular flexibility index (Phi) is 4.29. The predicted octanol–water partition coefficient (Wildman–Crippen LogP) is 5.56. The molecule has 2 aromatic carbocycles. The molecule has 0 saturated carbocycles. The largest absolute Gasteiger partial charge is 0.281 e. The Balaban J connectivity index is 2.04. The zero-order valence-corrected chi connectivity index (χ0v) is 14.7. The van der Waals surface area contributed by atoms with E-state index in [9.17, 15) is 9.18 Å². The van der Waals surface area contributed by atoms with Crippen molar-refractivity contribution in [3.8, 4) is 11.1 Å². The van der Waals surface area contributed by atoms with Crippen molar-refractivity contribution in [3.63, 3.8) is 0 Å². The Morgan fingerprint density at radius 2 is 1.88 bits per heavy atom. The number of rotatable bonds is 3. The summed E-state index contributed by atoms with van der Waals surface area (Å²) in [6, 6.07) is 14.2. The van der Waals surface area contributed by atoms with E-state index in [0.29, 0.717) is 5.39 Å². The molecule has 3 aromatic rings. The van der Waals surface area contributed by atoms with Gasteiger partial charge in [-0.25, -0.2) is 4.39 Å². The topological polar surface area (TPSA) is 22.0 Å². The van der Waals surface area contributed by atoms with Crippen molar-refractivity contribution in [1.29, 1.82) is 0 Å². The van der Waals surface area contributed by atoms with Gasteiger partial charge in [-0.1, -0.05) is 49.4 Å². The lowest BCUT2D eigenvalue weighted by Crippen LogP contribution is -2.23. The molecule has 1 aliphatic rings. The first-order chi connectivity index (χ1) is 12.7. The molecule has 3 heteroatoms. The Morgan fingerprint density at radius 1 is 1.08 bits per heavy atom. The monoisotopic (exact) mass is 345 g/mol. The van der Waals surface area contributed by atoms with E-state index in [4.69, 9.17) is 0 Å². The molecule has 26 heavy (non-hydrogen) atoms. The number of benzene rings is 2. The standard InChI is InChI=1S/C23H20FNO/c1-2-19-15-17-7-6-10-21(16-11-13-18(24)14-12-16)22(17)23(26)25(19)20-8-4-3-5-9-20/h4,6-15H,2-3,5H2,1H3. The van der Waals surface area contributed by atoms with Crippen LogP contribution in [-0.4, -0.2) is 4.57 Å². The lowest BCUT2D eigenvalue weighted by atomic mass is 9.98. The van der Waals surface area contributed by atoms with Gasteiger partial charge < -0.3 is 0 Å². The molecule has 2 nitrogen and oxygen atoms in total. The molecular weight excluding hydrogens is 325 g/mol. The van der Waals surface area contributed by atoms with Crippen LogP contribution >= 0.6 is 0 Å². The number of allylic oxidation sites excluding steroid dienone is 4. The first-order valence-corrected chi connectivity index (χ1v) is 8.99. The fourth-order valence-corrected chi connectivity index (χ4v) is 3.59. The average Bonchev–Trinajstić information content (AvgIpc) is 2.68. The summed E-state index contributed by atoms with van der Waals surface area (Å²) in [5.41, 5.74) is 3.60. The van der Waals surface area contributed by atoms with Crippen LogP contribution in [0.25, 0.3) is 27.6 Å². The summed E-state index contributed by atoms with van der Waals surface area (Å²) in [6.07, 6.45) is 8.98. The van der Waals surface area contributed by atoms with E-state index in [1.165, 1.54) is 12.1 Å². The van der Waals surface area contributed by atoms with Crippen molar-refractivity contribution < 1.29 is 4.39 Å². The Labute approximate surface area is 151 Å². The zero-order chi connectivity index (χ0) is 18.1. The minimum Gasteiger partial charge on any atom is -0.281 e.